The van der Waals surface area contributed by atoms with E-state index in [0.29, 0.717) is 0 Å². The molecule has 4 heteroatoms. The van der Waals surface area contributed by atoms with Gasteiger partial charge in [-0.3, -0.25) is 0 Å². The van der Waals surface area contributed by atoms with Crippen LogP contribution in [0.5, 0.6) is 0 Å². The minimum absolute atomic E-state index is 0.0148. The maximum Gasteiger partial charge on any atom is 0.356 e. The zero-order chi connectivity index (χ0) is 8.97. The lowest BCUT2D eigenvalue weighted by Gasteiger charge is -1.97. The Labute approximate surface area is 70.3 Å². The van der Waals surface area contributed by atoms with Crippen molar-refractivity contribution in [3.05, 3.63) is 23.5 Å². The van der Waals surface area contributed by atoms with Crippen molar-refractivity contribution in [2.45, 2.75) is 19.8 Å². The molecular weight excluding hydrogens is 156 g/mol. The first-order valence-corrected chi connectivity index (χ1v) is 3.79. The molecule has 0 aromatic carbocycles. The highest BCUT2D eigenvalue weighted by atomic mass is 16.4. The van der Waals surface area contributed by atoms with Gasteiger partial charge in [0.25, 0.3) is 0 Å². The molecule has 12 heavy (non-hydrogen) atoms. The molecule has 1 aromatic heterocycles. The standard InChI is InChI=1S/C8H10N2O2/c1-2-3-6-4-7(8(11)12)10-9-5-6/h4-5H,2-3H2,1H3,(H,11,12). The molecule has 0 aliphatic carbocycles. The van der Waals surface area contributed by atoms with Crippen molar-refractivity contribution < 1.29 is 9.90 Å². The highest BCUT2D eigenvalue weighted by Gasteiger charge is 2.04. The first kappa shape index (κ1) is 8.64. The third-order valence-electron chi connectivity index (χ3n) is 1.47. The summed E-state index contributed by atoms with van der Waals surface area (Å²) < 4.78 is 0. The summed E-state index contributed by atoms with van der Waals surface area (Å²) in [5.74, 6) is -1.03. The van der Waals surface area contributed by atoms with Crippen LogP contribution in [0.25, 0.3) is 0 Å². The molecule has 0 aliphatic heterocycles. The Morgan fingerprint density at radius 3 is 3.00 bits per heavy atom. The van der Waals surface area contributed by atoms with Crippen molar-refractivity contribution >= 4 is 5.97 Å². The second kappa shape index (κ2) is 3.80. The summed E-state index contributed by atoms with van der Waals surface area (Å²) in [5.41, 5.74) is 0.936. The molecule has 64 valence electrons. The van der Waals surface area contributed by atoms with Gasteiger partial charge in [-0.1, -0.05) is 13.3 Å². The van der Waals surface area contributed by atoms with Gasteiger partial charge >= 0.3 is 5.97 Å². The van der Waals surface area contributed by atoms with Gasteiger partial charge in [0.2, 0.25) is 0 Å². The number of carbonyl (C=O) groups is 1. The van der Waals surface area contributed by atoms with Gasteiger partial charge in [-0.05, 0) is 18.1 Å². The minimum atomic E-state index is -1.03. The van der Waals surface area contributed by atoms with E-state index >= 15 is 0 Å². The van der Waals surface area contributed by atoms with E-state index < -0.39 is 5.97 Å². The van der Waals surface area contributed by atoms with E-state index in [2.05, 4.69) is 10.2 Å². The third-order valence-corrected chi connectivity index (χ3v) is 1.47. The van der Waals surface area contributed by atoms with Crippen LogP contribution in [0.3, 0.4) is 0 Å². The molecule has 0 saturated carbocycles. The lowest BCUT2D eigenvalue weighted by molar-refractivity contribution is 0.0689. The molecule has 1 heterocycles. The molecule has 0 radical (unpaired) electrons. The molecular formula is C8H10N2O2. The molecule has 0 bridgehead atoms. The zero-order valence-electron chi connectivity index (χ0n) is 6.82. The number of hydrogen-bond donors (Lipinski definition) is 1. The quantitative estimate of drug-likeness (QED) is 0.731. The normalized spacial score (nSPS) is 9.75. The monoisotopic (exact) mass is 166 g/mol. The van der Waals surface area contributed by atoms with Crippen molar-refractivity contribution in [2.24, 2.45) is 0 Å². The summed E-state index contributed by atoms with van der Waals surface area (Å²) >= 11 is 0. The first-order valence-electron chi connectivity index (χ1n) is 3.79. The van der Waals surface area contributed by atoms with E-state index in [1.54, 1.807) is 12.3 Å². The van der Waals surface area contributed by atoms with Crippen LogP contribution in [-0.2, 0) is 6.42 Å². The average Bonchev–Trinajstić information content (AvgIpc) is 2.05. The fourth-order valence-electron chi connectivity index (χ4n) is 0.937. The summed E-state index contributed by atoms with van der Waals surface area (Å²) in [6, 6.07) is 1.55. The van der Waals surface area contributed by atoms with Gasteiger partial charge in [0.15, 0.2) is 5.69 Å². The van der Waals surface area contributed by atoms with Crippen LogP contribution in [0.4, 0.5) is 0 Å². The summed E-state index contributed by atoms with van der Waals surface area (Å²) in [7, 11) is 0. The highest BCUT2D eigenvalue weighted by Crippen LogP contribution is 2.02. The summed E-state index contributed by atoms with van der Waals surface area (Å²) in [5, 5.41) is 15.6. The Kier molecular flexibility index (Phi) is 2.74. The number of carboxylic acids is 1. The SMILES string of the molecule is CCCc1cnnc(C(=O)O)c1. The second-order valence-corrected chi connectivity index (χ2v) is 2.50. The van der Waals surface area contributed by atoms with E-state index in [9.17, 15) is 4.79 Å². The van der Waals surface area contributed by atoms with Crippen LogP contribution >= 0.6 is 0 Å². The van der Waals surface area contributed by atoms with Crippen LogP contribution in [-0.4, -0.2) is 21.3 Å². The Morgan fingerprint density at radius 2 is 2.42 bits per heavy atom. The fraction of sp³-hybridized carbons (Fsp3) is 0.375. The molecule has 0 spiro atoms. The van der Waals surface area contributed by atoms with Crippen molar-refractivity contribution in [1.29, 1.82) is 0 Å². The molecule has 1 N–H and O–H groups in total. The molecule has 0 atom stereocenters. The lowest BCUT2D eigenvalue weighted by atomic mass is 10.2. The highest BCUT2D eigenvalue weighted by molar-refractivity contribution is 5.85. The molecule has 1 aromatic rings. The molecule has 4 nitrogen and oxygen atoms in total. The van der Waals surface area contributed by atoms with Gasteiger partial charge < -0.3 is 5.11 Å². The van der Waals surface area contributed by atoms with Crippen LogP contribution in [0, 0.1) is 0 Å². The number of aromatic carboxylic acids is 1. The predicted octanol–water partition coefficient (Wildman–Crippen LogP) is 1.13. The van der Waals surface area contributed by atoms with Gasteiger partial charge in [-0.15, -0.1) is 5.10 Å². The van der Waals surface area contributed by atoms with Gasteiger partial charge in [0, 0.05) is 0 Å². The van der Waals surface area contributed by atoms with E-state index in [1.807, 2.05) is 6.92 Å². The number of rotatable bonds is 3. The molecule has 1 rings (SSSR count). The number of aryl methyl sites for hydroxylation is 1. The van der Waals surface area contributed by atoms with Crippen LogP contribution in [0.1, 0.15) is 29.4 Å². The van der Waals surface area contributed by atoms with Gasteiger partial charge in [0.05, 0.1) is 6.20 Å². The molecule has 0 fully saturated rings. The fourth-order valence-corrected chi connectivity index (χ4v) is 0.937. The smallest absolute Gasteiger partial charge is 0.356 e. The maximum absolute atomic E-state index is 10.5. The van der Waals surface area contributed by atoms with E-state index in [0.717, 1.165) is 18.4 Å². The average molecular weight is 166 g/mol. The van der Waals surface area contributed by atoms with Crippen LogP contribution in [0.15, 0.2) is 12.3 Å². The topological polar surface area (TPSA) is 63.1 Å². The molecule has 0 amide bonds. The van der Waals surface area contributed by atoms with Crippen molar-refractivity contribution in [2.75, 3.05) is 0 Å². The van der Waals surface area contributed by atoms with Crippen LogP contribution < -0.4 is 0 Å². The Bertz CT molecular complexity index is 286. The van der Waals surface area contributed by atoms with Crippen molar-refractivity contribution in [3.8, 4) is 0 Å². The van der Waals surface area contributed by atoms with E-state index in [-0.39, 0.29) is 5.69 Å². The Balaban J connectivity index is 2.88. The van der Waals surface area contributed by atoms with E-state index in [4.69, 9.17) is 5.11 Å². The van der Waals surface area contributed by atoms with Crippen molar-refractivity contribution in [1.82, 2.24) is 10.2 Å². The van der Waals surface area contributed by atoms with Crippen LogP contribution in [0.2, 0.25) is 0 Å². The van der Waals surface area contributed by atoms with Gasteiger partial charge in [0.1, 0.15) is 0 Å². The number of aromatic nitrogens is 2. The second-order valence-electron chi connectivity index (χ2n) is 2.50. The molecule has 0 saturated heterocycles. The summed E-state index contributed by atoms with van der Waals surface area (Å²) in [4.78, 5) is 10.5. The summed E-state index contributed by atoms with van der Waals surface area (Å²) in [6.07, 6.45) is 3.41. The van der Waals surface area contributed by atoms with Gasteiger partial charge in [-0.2, -0.15) is 5.10 Å². The lowest BCUT2D eigenvalue weighted by Crippen LogP contribution is -2.02. The maximum atomic E-state index is 10.5. The number of nitrogens with zero attached hydrogens (tertiary/aromatic N) is 2. The molecule has 0 aliphatic rings. The number of carboxylic acid groups (broad SMARTS) is 1. The summed E-state index contributed by atoms with van der Waals surface area (Å²) in [6.45, 7) is 2.03. The zero-order valence-corrected chi connectivity index (χ0v) is 6.82. The minimum Gasteiger partial charge on any atom is -0.476 e. The first-order chi connectivity index (χ1) is 5.74. The Hall–Kier alpha value is -1.45. The number of hydrogen-bond acceptors (Lipinski definition) is 3. The third kappa shape index (κ3) is 2.02. The van der Waals surface area contributed by atoms with Crippen molar-refractivity contribution in [3.63, 3.8) is 0 Å². The molecule has 0 unspecified atom stereocenters. The largest absolute Gasteiger partial charge is 0.476 e. The predicted molar refractivity (Wildman–Crippen MR) is 43.0 cm³/mol. The Morgan fingerprint density at radius 1 is 1.67 bits per heavy atom. The van der Waals surface area contributed by atoms with E-state index in [1.165, 1.54) is 0 Å². The van der Waals surface area contributed by atoms with Gasteiger partial charge in [-0.25, -0.2) is 4.79 Å².